The minimum atomic E-state index is -6.09. The first kappa shape index (κ1) is 19.6. The Morgan fingerprint density at radius 1 is 1.00 bits per heavy atom. The number of hydrogen-bond acceptors (Lipinski definition) is 5. The molecule has 3 aromatic rings. The molecule has 2 aromatic carbocycles. The number of carbonyl (C=O) groups is 1. The number of nitrogens with one attached hydrogen (secondary N) is 1. The number of rotatable bonds is 1. The zero-order valence-electron chi connectivity index (χ0n) is 13.2. The third kappa shape index (κ3) is 4.09. The molecule has 0 spiro atoms. The molecule has 0 aliphatic carbocycles. The maximum Gasteiger partial charge on any atom is 0.485 e. The highest BCUT2D eigenvalue weighted by Gasteiger charge is 2.36. The number of fused-ring (bicyclic) bond motifs is 2. The van der Waals surface area contributed by atoms with Crippen molar-refractivity contribution in [2.24, 2.45) is 0 Å². The molecule has 3 rings (SSSR count). The van der Waals surface area contributed by atoms with Crippen LogP contribution < -0.4 is 4.98 Å². The average molecular weight is 387 g/mol. The number of hydrogen-bond donors (Lipinski definition) is 0. The van der Waals surface area contributed by atoms with E-state index in [1.807, 2.05) is 48.5 Å². The van der Waals surface area contributed by atoms with Crippen LogP contribution in [0.3, 0.4) is 0 Å². The van der Waals surface area contributed by atoms with Gasteiger partial charge in [-0.05, 0) is 12.1 Å². The van der Waals surface area contributed by atoms with Crippen LogP contribution in [0.1, 0.15) is 10.4 Å². The molecular weight excluding hydrogens is 375 g/mol. The van der Waals surface area contributed by atoms with Crippen LogP contribution in [0.5, 0.6) is 0 Å². The summed E-state index contributed by atoms with van der Waals surface area (Å²) >= 11 is 0. The van der Waals surface area contributed by atoms with E-state index in [-0.39, 0.29) is 5.97 Å². The molecule has 6 nitrogen and oxygen atoms in total. The van der Waals surface area contributed by atoms with Gasteiger partial charge in [0, 0.05) is 12.1 Å². The first-order valence-electron chi connectivity index (χ1n) is 6.99. The van der Waals surface area contributed by atoms with Crippen LogP contribution in [-0.4, -0.2) is 31.6 Å². The van der Waals surface area contributed by atoms with Crippen molar-refractivity contribution in [2.75, 3.05) is 7.11 Å². The summed E-state index contributed by atoms with van der Waals surface area (Å²) in [4.78, 5) is 15.3. The number of alkyl halides is 3. The maximum absolute atomic E-state index is 12.0. The number of H-pyrrole nitrogens is 1. The van der Waals surface area contributed by atoms with Crippen LogP contribution in [0.25, 0.3) is 21.8 Å². The van der Waals surface area contributed by atoms with Gasteiger partial charge in [0.1, 0.15) is 0 Å². The molecule has 1 aromatic heterocycles. The number of aromatic amines is 1. The van der Waals surface area contributed by atoms with E-state index in [1.54, 1.807) is 0 Å². The van der Waals surface area contributed by atoms with Crippen LogP contribution in [-0.2, 0) is 14.9 Å². The summed E-state index contributed by atoms with van der Waals surface area (Å²) in [6, 6.07) is 15.5. The molecule has 0 atom stereocenters. The van der Waals surface area contributed by atoms with Crippen molar-refractivity contribution >= 4 is 37.9 Å². The topological polar surface area (TPSA) is 97.6 Å². The summed E-state index contributed by atoms with van der Waals surface area (Å²) in [5.74, 6) is -0.309. The van der Waals surface area contributed by atoms with Crippen molar-refractivity contribution in [1.29, 1.82) is 0 Å². The number of ether oxygens (including phenoxy) is 1. The van der Waals surface area contributed by atoms with E-state index in [9.17, 15) is 18.0 Å². The Balaban J connectivity index is 0.000000260. The lowest BCUT2D eigenvalue weighted by atomic mass is 10.0. The second-order valence-electron chi connectivity index (χ2n) is 4.98. The highest BCUT2D eigenvalue weighted by molar-refractivity contribution is 7.86. The van der Waals surface area contributed by atoms with Gasteiger partial charge in [-0.3, -0.25) is 0 Å². The fraction of sp³-hybridized carbons (Fsp3) is 0.125. The lowest BCUT2D eigenvalue weighted by molar-refractivity contribution is -0.310. The van der Waals surface area contributed by atoms with Crippen molar-refractivity contribution in [3.8, 4) is 0 Å². The molecule has 138 valence electrons. The average Bonchev–Trinajstić information content (AvgIpc) is 2.57. The van der Waals surface area contributed by atoms with Crippen LogP contribution in [0.4, 0.5) is 13.2 Å². The molecule has 26 heavy (non-hydrogen) atoms. The Labute approximate surface area is 146 Å². The molecule has 1 heterocycles. The number of esters is 1. The third-order valence-corrected chi connectivity index (χ3v) is 3.90. The van der Waals surface area contributed by atoms with Gasteiger partial charge in [-0.25, -0.2) is 18.2 Å². The molecule has 0 radical (unpaired) electrons. The monoisotopic (exact) mass is 387 g/mol. The van der Waals surface area contributed by atoms with Gasteiger partial charge in [-0.2, -0.15) is 13.2 Å². The Kier molecular flexibility index (Phi) is 5.47. The van der Waals surface area contributed by atoms with Gasteiger partial charge in [-0.1, -0.05) is 24.3 Å². The van der Waals surface area contributed by atoms with Crippen molar-refractivity contribution in [3.05, 3.63) is 54.1 Å². The number of halogens is 3. The summed E-state index contributed by atoms with van der Waals surface area (Å²) in [5.41, 5.74) is -3.18. The first-order chi connectivity index (χ1) is 12.1. The number of benzene rings is 2. The molecular formula is C16H12F3NO5S. The van der Waals surface area contributed by atoms with E-state index < -0.39 is 15.6 Å². The predicted molar refractivity (Wildman–Crippen MR) is 85.1 cm³/mol. The number of carbonyl (C=O) groups excluding carboxylic acids is 1. The van der Waals surface area contributed by atoms with Crippen molar-refractivity contribution < 1.29 is 40.7 Å². The summed E-state index contributed by atoms with van der Waals surface area (Å²) in [5, 5.41) is 1.76. The van der Waals surface area contributed by atoms with Crippen molar-refractivity contribution in [3.63, 3.8) is 0 Å². The van der Waals surface area contributed by atoms with E-state index in [1.165, 1.54) is 7.11 Å². The predicted octanol–water partition coefficient (Wildman–Crippen LogP) is 2.65. The van der Waals surface area contributed by atoms with Gasteiger partial charge in [-0.15, -0.1) is 0 Å². The molecule has 0 saturated heterocycles. The molecule has 0 aliphatic rings. The van der Waals surface area contributed by atoms with Gasteiger partial charge in [0.05, 0.1) is 23.4 Å². The molecule has 0 unspecified atom stereocenters. The number of methoxy groups -OCH3 is 1. The SMILES string of the molecule is COC(=O)c1c2ccccc2[nH+]c2ccccc12.O=S(=O)([O-])C(F)(F)F. The van der Waals surface area contributed by atoms with Gasteiger partial charge < -0.3 is 9.29 Å². The van der Waals surface area contributed by atoms with Crippen LogP contribution in [0.15, 0.2) is 48.5 Å². The smallest absolute Gasteiger partial charge is 0.485 e. The summed E-state index contributed by atoms with van der Waals surface area (Å²) in [6.45, 7) is 0. The second kappa shape index (κ2) is 7.26. The van der Waals surface area contributed by atoms with E-state index in [0.29, 0.717) is 5.56 Å². The highest BCUT2D eigenvalue weighted by Crippen LogP contribution is 2.24. The quantitative estimate of drug-likeness (QED) is 0.277. The lowest BCUT2D eigenvalue weighted by Gasteiger charge is -2.08. The van der Waals surface area contributed by atoms with Crippen LogP contribution >= 0.6 is 0 Å². The normalized spacial score (nSPS) is 11.7. The second-order valence-corrected chi connectivity index (χ2v) is 6.35. The Hall–Kier alpha value is -2.72. The fourth-order valence-electron chi connectivity index (χ4n) is 2.23. The number of para-hydroxylation sites is 2. The molecule has 0 amide bonds. The van der Waals surface area contributed by atoms with E-state index in [0.717, 1.165) is 21.8 Å². The van der Waals surface area contributed by atoms with E-state index >= 15 is 0 Å². The van der Waals surface area contributed by atoms with Gasteiger partial charge in [0.2, 0.25) is 11.0 Å². The molecule has 1 N–H and O–H groups in total. The molecule has 0 bridgehead atoms. The van der Waals surface area contributed by atoms with E-state index in [2.05, 4.69) is 4.98 Å². The van der Waals surface area contributed by atoms with Gasteiger partial charge in [0.25, 0.3) is 0 Å². The third-order valence-electron chi connectivity index (χ3n) is 3.34. The van der Waals surface area contributed by atoms with E-state index in [4.69, 9.17) is 17.7 Å². The molecule has 0 aliphatic heterocycles. The molecule has 10 heteroatoms. The van der Waals surface area contributed by atoms with Crippen molar-refractivity contribution in [1.82, 2.24) is 0 Å². The lowest BCUT2D eigenvalue weighted by Crippen LogP contribution is -2.21. The zero-order chi connectivity index (χ0) is 19.5. The fourth-order valence-corrected chi connectivity index (χ4v) is 2.23. The Bertz CT molecular complexity index is 1010. The summed E-state index contributed by atoms with van der Waals surface area (Å²) in [7, 11) is -4.68. The standard InChI is InChI=1S/C15H11NO2.CHF3O3S/c1-18-15(17)14-10-6-2-4-8-12(10)16-13-9-5-3-7-11(13)14;2-1(3,4)8(5,6)7/h2-9H,1H3;(H,5,6,7). The Morgan fingerprint density at radius 3 is 1.73 bits per heavy atom. The first-order valence-corrected chi connectivity index (χ1v) is 8.40. The van der Waals surface area contributed by atoms with Crippen LogP contribution in [0.2, 0.25) is 0 Å². The summed E-state index contributed by atoms with van der Waals surface area (Å²) < 4.78 is 63.8. The highest BCUT2D eigenvalue weighted by atomic mass is 32.2. The largest absolute Gasteiger partial charge is 0.741 e. The number of aromatic nitrogens is 1. The minimum absolute atomic E-state index is 0.309. The van der Waals surface area contributed by atoms with Gasteiger partial charge in [0.15, 0.2) is 10.1 Å². The Morgan fingerprint density at radius 2 is 1.38 bits per heavy atom. The summed E-state index contributed by atoms with van der Waals surface area (Å²) in [6.07, 6.45) is 0. The molecule has 0 saturated carbocycles. The van der Waals surface area contributed by atoms with Crippen LogP contribution in [0, 0.1) is 0 Å². The maximum atomic E-state index is 12.0. The molecule has 0 fully saturated rings. The van der Waals surface area contributed by atoms with Gasteiger partial charge >= 0.3 is 11.5 Å². The van der Waals surface area contributed by atoms with Crippen molar-refractivity contribution in [2.45, 2.75) is 5.51 Å². The zero-order valence-corrected chi connectivity index (χ0v) is 14.0. The number of pyridine rings is 1. The minimum Gasteiger partial charge on any atom is -0.741 e.